The maximum Gasteiger partial charge on any atom is 0.256 e. The van der Waals surface area contributed by atoms with Crippen LogP contribution < -0.4 is 10.6 Å². The highest BCUT2D eigenvalue weighted by atomic mass is 32.2. The van der Waals surface area contributed by atoms with Gasteiger partial charge in [-0.15, -0.1) is 0 Å². The highest BCUT2D eigenvalue weighted by Crippen LogP contribution is 2.17. The molecule has 0 bridgehead atoms. The topological polar surface area (TPSA) is 66.9 Å². The summed E-state index contributed by atoms with van der Waals surface area (Å²) in [5.74, 6) is 0.511. The van der Waals surface area contributed by atoms with Gasteiger partial charge < -0.3 is 10.6 Å². The van der Waals surface area contributed by atoms with Crippen molar-refractivity contribution in [2.24, 2.45) is 0 Å². The molecule has 1 aliphatic heterocycles. The number of fused-ring (bicyclic) bond motifs is 1. The van der Waals surface area contributed by atoms with Crippen LogP contribution in [-0.2, 0) is 0 Å². The zero-order valence-electron chi connectivity index (χ0n) is 7.70. The number of nitrogens with zero attached hydrogens (tertiary/aromatic N) is 2. The first-order chi connectivity index (χ1) is 6.81. The van der Waals surface area contributed by atoms with Gasteiger partial charge in [-0.3, -0.25) is 4.79 Å². The molecule has 1 aliphatic rings. The molecule has 0 aliphatic carbocycles. The van der Waals surface area contributed by atoms with E-state index in [4.69, 9.17) is 0 Å². The molecule has 5 nitrogen and oxygen atoms in total. The summed E-state index contributed by atoms with van der Waals surface area (Å²) in [6.45, 7) is 1.31. The van der Waals surface area contributed by atoms with Gasteiger partial charge in [0.05, 0.1) is 0 Å². The molecule has 1 aromatic rings. The minimum absolute atomic E-state index is 0.113. The third-order valence-electron chi connectivity index (χ3n) is 1.90. The monoisotopic (exact) mass is 210 g/mol. The second-order valence-corrected chi connectivity index (χ2v) is 3.58. The molecule has 0 atom stereocenters. The van der Waals surface area contributed by atoms with Crippen molar-refractivity contribution in [3.63, 3.8) is 0 Å². The second-order valence-electron chi connectivity index (χ2n) is 2.80. The standard InChI is InChI=1S/C8H10N4OS/c1-14-8-11-4-5-6(12-8)9-2-3-10-7(5)13/h4H,2-3H2,1H3,(H,10,13)(H,9,11,12). The Balaban J connectivity index is 2.43. The Morgan fingerprint density at radius 1 is 1.43 bits per heavy atom. The molecular weight excluding hydrogens is 200 g/mol. The van der Waals surface area contributed by atoms with Gasteiger partial charge in [0.25, 0.3) is 5.91 Å². The molecule has 0 aromatic carbocycles. The first-order valence-electron chi connectivity index (χ1n) is 4.24. The molecule has 74 valence electrons. The minimum atomic E-state index is -0.113. The van der Waals surface area contributed by atoms with E-state index < -0.39 is 0 Å². The van der Waals surface area contributed by atoms with Gasteiger partial charge in [0, 0.05) is 19.3 Å². The van der Waals surface area contributed by atoms with Gasteiger partial charge in [0.1, 0.15) is 11.4 Å². The number of nitrogens with one attached hydrogen (secondary N) is 2. The van der Waals surface area contributed by atoms with Crippen LogP contribution in [0.25, 0.3) is 0 Å². The first kappa shape index (κ1) is 9.26. The zero-order chi connectivity index (χ0) is 9.97. The van der Waals surface area contributed by atoms with Gasteiger partial charge in [-0.2, -0.15) is 0 Å². The van der Waals surface area contributed by atoms with E-state index in [1.165, 1.54) is 11.8 Å². The maximum absolute atomic E-state index is 11.5. The number of amides is 1. The van der Waals surface area contributed by atoms with Crippen LogP contribution in [0.15, 0.2) is 11.4 Å². The van der Waals surface area contributed by atoms with E-state index in [1.807, 2.05) is 6.26 Å². The zero-order valence-corrected chi connectivity index (χ0v) is 8.52. The quantitative estimate of drug-likeness (QED) is 0.517. The number of aromatic nitrogens is 2. The first-order valence-corrected chi connectivity index (χ1v) is 5.47. The van der Waals surface area contributed by atoms with Crippen molar-refractivity contribution in [1.29, 1.82) is 0 Å². The molecule has 0 spiro atoms. The molecule has 2 rings (SSSR count). The van der Waals surface area contributed by atoms with E-state index in [0.29, 0.717) is 29.6 Å². The molecule has 1 amide bonds. The van der Waals surface area contributed by atoms with Crippen LogP contribution in [0, 0.1) is 0 Å². The predicted molar refractivity (Wildman–Crippen MR) is 54.6 cm³/mol. The summed E-state index contributed by atoms with van der Waals surface area (Å²) in [5.41, 5.74) is 0.514. The highest BCUT2D eigenvalue weighted by Gasteiger charge is 2.16. The lowest BCUT2D eigenvalue weighted by Gasteiger charge is -2.04. The summed E-state index contributed by atoms with van der Waals surface area (Å²) in [6, 6.07) is 0. The highest BCUT2D eigenvalue weighted by molar-refractivity contribution is 7.98. The third kappa shape index (κ3) is 1.65. The summed E-state index contributed by atoms with van der Waals surface area (Å²) in [4.78, 5) is 19.7. The fourth-order valence-electron chi connectivity index (χ4n) is 1.22. The number of hydrogen-bond donors (Lipinski definition) is 2. The number of carbonyl (C=O) groups is 1. The molecule has 0 fully saturated rings. The number of carbonyl (C=O) groups excluding carboxylic acids is 1. The Hall–Kier alpha value is -1.30. The number of anilines is 1. The van der Waals surface area contributed by atoms with Crippen LogP contribution in [0.2, 0.25) is 0 Å². The summed E-state index contributed by atoms with van der Waals surface area (Å²) >= 11 is 1.46. The van der Waals surface area contributed by atoms with Gasteiger partial charge in [0.15, 0.2) is 5.16 Å². The lowest BCUT2D eigenvalue weighted by Crippen LogP contribution is -2.24. The fourth-order valence-corrected chi connectivity index (χ4v) is 1.56. The van der Waals surface area contributed by atoms with E-state index in [0.717, 1.165) is 0 Å². The van der Waals surface area contributed by atoms with Gasteiger partial charge in [-0.05, 0) is 6.26 Å². The second kappa shape index (κ2) is 3.83. The molecule has 6 heteroatoms. The molecule has 0 saturated carbocycles. The average molecular weight is 210 g/mol. The van der Waals surface area contributed by atoms with Crippen molar-refractivity contribution in [2.45, 2.75) is 5.16 Å². The van der Waals surface area contributed by atoms with Crippen LogP contribution in [0.4, 0.5) is 5.82 Å². The molecule has 0 saturated heterocycles. The SMILES string of the molecule is CSc1ncc2c(n1)NCCNC2=O. The number of hydrogen-bond acceptors (Lipinski definition) is 5. The molecule has 14 heavy (non-hydrogen) atoms. The van der Waals surface area contributed by atoms with Gasteiger partial charge in [-0.25, -0.2) is 9.97 Å². The Kier molecular flexibility index (Phi) is 2.53. The van der Waals surface area contributed by atoms with Crippen LogP contribution in [0.1, 0.15) is 10.4 Å². The van der Waals surface area contributed by atoms with Crippen molar-refractivity contribution in [1.82, 2.24) is 15.3 Å². The lowest BCUT2D eigenvalue weighted by atomic mass is 10.3. The van der Waals surface area contributed by atoms with Crippen molar-refractivity contribution in [3.8, 4) is 0 Å². The lowest BCUT2D eigenvalue weighted by molar-refractivity contribution is 0.0957. The largest absolute Gasteiger partial charge is 0.368 e. The van der Waals surface area contributed by atoms with E-state index in [1.54, 1.807) is 6.20 Å². The molecule has 0 radical (unpaired) electrons. The summed E-state index contributed by atoms with van der Waals surface area (Å²) < 4.78 is 0. The number of rotatable bonds is 1. The Labute approximate surface area is 85.7 Å². The van der Waals surface area contributed by atoms with Crippen LogP contribution in [0.3, 0.4) is 0 Å². The Morgan fingerprint density at radius 2 is 2.21 bits per heavy atom. The third-order valence-corrected chi connectivity index (χ3v) is 2.46. The molecule has 0 unspecified atom stereocenters. The molecule has 2 heterocycles. The van der Waals surface area contributed by atoms with E-state index in [2.05, 4.69) is 20.6 Å². The summed E-state index contributed by atoms with van der Waals surface area (Å²) in [7, 11) is 0. The van der Waals surface area contributed by atoms with E-state index in [-0.39, 0.29) is 5.91 Å². The summed E-state index contributed by atoms with van der Waals surface area (Å²) in [5, 5.41) is 6.50. The van der Waals surface area contributed by atoms with Crippen LogP contribution in [-0.4, -0.2) is 35.2 Å². The van der Waals surface area contributed by atoms with E-state index in [9.17, 15) is 4.79 Å². The number of thioether (sulfide) groups is 1. The van der Waals surface area contributed by atoms with Gasteiger partial charge >= 0.3 is 0 Å². The maximum atomic E-state index is 11.5. The molecule has 1 aromatic heterocycles. The van der Waals surface area contributed by atoms with Crippen molar-refractivity contribution < 1.29 is 4.79 Å². The molecular formula is C8H10N4OS. The average Bonchev–Trinajstić information content (AvgIpc) is 2.40. The molecule has 2 N–H and O–H groups in total. The normalized spacial score (nSPS) is 15.1. The van der Waals surface area contributed by atoms with Crippen molar-refractivity contribution >= 4 is 23.5 Å². The summed E-state index contributed by atoms with van der Waals surface area (Å²) in [6.07, 6.45) is 3.46. The van der Waals surface area contributed by atoms with Gasteiger partial charge in [-0.1, -0.05) is 11.8 Å². The van der Waals surface area contributed by atoms with Gasteiger partial charge in [0.2, 0.25) is 0 Å². The Bertz CT molecular complexity index is 368. The van der Waals surface area contributed by atoms with Crippen molar-refractivity contribution in [2.75, 3.05) is 24.7 Å². The fraction of sp³-hybridized carbons (Fsp3) is 0.375. The minimum Gasteiger partial charge on any atom is -0.368 e. The smallest absolute Gasteiger partial charge is 0.256 e. The van der Waals surface area contributed by atoms with Crippen LogP contribution in [0.5, 0.6) is 0 Å². The van der Waals surface area contributed by atoms with Crippen LogP contribution >= 0.6 is 11.8 Å². The predicted octanol–water partition coefficient (Wildman–Crippen LogP) is 0.354. The van der Waals surface area contributed by atoms with Crippen molar-refractivity contribution in [3.05, 3.63) is 11.8 Å². The van der Waals surface area contributed by atoms with E-state index >= 15 is 0 Å². The Morgan fingerprint density at radius 3 is 3.00 bits per heavy atom.